The SMILES string of the molecule is O=C(O)CCCCCNC(=O)C1CC1c1cccc(C(F)(F)F)c1. The fraction of sp³-hybridized carbons (Fsp3) is 0.529. The van der Waals surface area contributed by atoms with Gasteiger partial charge in [-0.15, -0.1) is 0 Å². The molecule has 2 atom stereocenters. The molecule has 0 aromatic heterocycles. The zero-order valence-corrected chi connectivity index (χ0v) is 13.1. The first-order valence-corrected chi connectivity index (χ1v) is 7.95. The van der Waals surface area contributed by atoms with E-state index >= 15 is 0 Å². The first kappa shape index (κ1) is 18.3. The van der Waals surface area contributed by atoms with Crippen LogP contribution in [0.5, 0.6) is 0 Å². The summed E-state index contributed by atoms with van der Waals surface area (Å²) in [6.45, 7) is 0.463. The lowest BCUT2D eigenvalue weighted by Gasteiger charge is -2.09. The Morgan fingerprint density at radius 2 is 1.96 bits per heavy atom. The highest BCUT2D eigenvalue weighted by atomic mass is 19.4. The topological polar surface area (TPSA) is 66.4 Å². The van der Waals surface area contributed by atoms with Crippen LogP contribution >= 0.6 is 0 Å². The summed E-state index contributed by atoms with van der Waals surface area (Å²) in [6, 6.07) is 5.13. The van der Waals surface area contributed by atoms with E-state index < -0.39 is 17.7 Å². The summed E-state index contributed by atoms with van der Waals surface area (Å²) in [5.41, 5.74) is -0.143. The van der Waals surface area contributed by atoms with Gasteiger partial charge in [0.1, 0.15) is 0 Å². The molecule has 0 radical (unpaired) electrons. The lowest BCUT2D eigenvalue weighted by Crippen LogP contribution is -2.26. The second-order valence-corrected chi connectivity index (χ2v) is 6.07. The van der Waals surface area contributed by atoms with Crippen LogP contribution in [0.25, 0.3) is 0 Å². The molecule has 1 fully saturated rings. The summed E-state index contributed by atoms with van der Waals surface area (Å²) >= 11 is 0. The van der Waals surface area contributed by atoms with Crippen LogP contribution < -0.4 is 5.32 Å². The van der Waals surface area contributed by atoms with Crippen molar-refractivity contribution >= 4 is 11.9 Å². The van der Waals surface area contributed by atoms with E-state index in [9.17, 15) is 22.8 Å². The van der Waals surface area contributed by atoms with Crippen LogP contribution in [0.2, 0.25) is 0 Å². The van der Waals surface area contributed by atoms with Crippen molar-refractivity contribution in [2.24, 2.45) is 5.92 Å². The van der Waals surface area contributed by atoms with Gasteiger partial charge in [-0.25, -0.2) is 0 Å². The number of alkyl halides is 3. The molecule has 0 bridgehead atoms. The number of carboxylic acid groups (broad SMARTS) is 1. The molecule has 24 heavy (non-hydrogen) atoms. The lowest BCUT2D eigenvalue weighted by molar-refractivity contribution is -0.138. The predicted octanol–water partition coefficient (Wildman–Crippen LogP) is 3.57. The van der Waals surface area contributed by atoms with E-state index in [1.54, 1.807) is 6.07 Å². The number of amides is 1. The fourth-order valence-electron chi connectivity index (χ4n) is 2.72. The third kappa shape index (κ3) is 5.25. The number of aliphatic carboxylic acids is 1. The van der Waals surface area contributed by atoms with E-state index in [0.717, 1.165) is 12.1 Å². The van der Waals surface area contributed by atoms with Gasteiger partial charge in [-0.1, -0.05) is 24.6 Å². The second kappa shape index (κ2) is 7.68. The maximum atomic E-state index is 12.7. The van der Waals surface area contributed by atoms with E-state index in [-0.39, 0.29) is 24.2 Å². The van der Waals surface area contributed by atoms with E-state index in [2.05, 4.69) is 5.32 Å². The number of carbonyl (C=O) groups excluding carboxylic acids is 1. The zero-order valence-electron chi connectivity index (χ0n) is 13.1. The van der Waals surface area contributed by atoms with Crippen LogP contribution in [0.3, 0.4) is 0 Å². The molecule has 1 aromatic carbocycles. The van der Waals surface area contributed by atoms with Gasteiger partial charge in [-0.3, -0.25) is 9.59 Å². The summed E-state index contributed by atoms with van der Waals surface area (Å²) in [5, 5.41) is 11.3. The first-order chi connectivity index (χ1) is 11.3. The van der Waals surface area contributed by atoms with Crippen molar-refractivity contribution in [2.75, 3.05) is 6.54 Å². The van der Waals surface area contributed by atoms with Crippen molar-refractivity contribution in [3.05, 3.63) is 35.4 Å². The lowest BCUT2D eigenvalue weighted by atomic mass is 10.1. The molecule has 0 heterocycles. The number of carboxylic acids is 1. The monoisotopic (exact) mass is 343 g/mol. The smallest absolute Gasteiger partial charge is 0.416 e. The van der Waals surface area contributed by atoms with Gasteiger partial charge in [0, 0.05) is 18.9 Å². The average molecular weight is 343 g/mol. The van der Waals surface area contributed by atoms with E-state index in [4.69, 9.17) is 5.11 Å². The Morgan fingerprint density at radius 1 is 1.21 bits per heavy atom. The van der Waals surface area contributed by atoms with Gasteiger partial charge in [0.05, 0.1) is 5.56 Å². The van der Waals surface area contributed by atoms with Gasteiger partial charge >= 0.3 is 12.1 Å². The summed E-state index contributed by atoms with van der Waals surface area (Å²) in [6.07, 6.45) is -1.71. The van der Waals surface area contributed by atoms with Crippen molar-refractivity contribution < 1.29 is 27.9 Å². The Balaban J connectivity index is 1.74. The van der Waals surface area contributed by atoms with Crippen LogP contribution in [0, 0.1) is 5.92 Å². The third-order valence-electron chi connectivity index (χ3n) is 4.14. The van der Waals surface area contributed by atoms with E-state index in [1.807, 2.05) is 0 Å². The minimum Gasteiger partial charge on any atom is -0.481 e. The Morgan fingerprint density at radius 3 is 2.62 bits per heavy atom. The normalized spacial score (nSPS) is 19.8. The van der Waals surface area contributed by atoms with Gasteiger partial charge in [0.25, 0.3) is 0 Å². The quantitative estimate of drug-likeness (QED) is 0.709. The third-order valence-corrected chi connectivity index (χ3v) is 4.14. The molecule has 2 N–H and O–H groups in total. The number of unbranched alkanes of at least 4 members (excludes halogenated alkanes) is 2. The minimum absolute atomic E-state index is 0.119. The molecule has 1 amide bonds. The molecule has 0 aliphatic heterocycles. The maximum Gasteiger partial charge on any atom is 0.416 e. The van der Waals surface area contributed by atoms with Crippen LogP contribution in [-0.4, -0.2) is 23.5 Å². The highest BCUT2D eigenvalue weighted by Gasteiger charge is 2.44. The molecule has 2 rings (SSSR count). The molecular weight excluding hydrogens is 323 g/mol. The Kier molecular flexibility index (Phi) is 5.85. The Bertz CT molecular complexity index is 601. The van der Waals surface area contributed by atoms with Crippen LogP contribution in [0.4, 0.5) is 13.2 Å². The van der Waals surface area contributed by atoms with Crippen molar-refractivity contribution in [3.63, 3.8) is 0 Å². The molecule has 1 aliphatic rings. The molecule has 132 valence electrons. The number of hydrogen-bond donors (Lipinski definition) is 2. The second-order valence-electron chi connectivity index (χ2n) is 6.07. The van der Waals surface area contributed by atoms with Crippen molar-refractivity contribution in [3.8, 4) is 0 Å². The zero-order chi connectivity index (χ0) is 17.7. The molecule has 2 unspecified atom stereocenters. The maximum absolute atomic E-state index is 12.7. The first-order valence-electron chi connectivity index (χ1n) is 7.95. The van der Waals surface area contributed by atoms with Gasteiger partial charge in [-0.2, -0.15) is 13.2 Å². The van der Waals surface area contributed by atoms with Gasteiger partial charge in [0.2, 0.25) is 5.91 Å². The largest absolute Gasteiger partial charge is 0.481 e. The Hall–Kier alpha value is -2.05. The summed E-state index contributed by atoms with van der Waals surface area (Å²) in [7, 11) is 0. The molecule has 7 heteroatoms. The molecular formula is C17H20F3NO3. The van der Waals surface area contributed by atoms with Crippen LogP contribution in [-0.2, 0) is 15.8 Å². The highest BCUT2D eigenvalue weighted by Crippen LogP contribution is 2.48. The summed E-state index contributed by atoms with van der Waals surface area (Å²) in [4.78, 5) is 22.3. The molecule has 0 spiro atoms. The number of benzene rings is 1. The number of carbonyl (C=O) groups is 2. The average Bonchev–Trinajstić information content (AvgIpc) is 3.30. The summed E-state index contributed by atoms with van der Waals surface area (Å²) in [5.74, 6) is -1.40. The van der Waals surface area contributed by atoms with E-state index in [1.165, 1.54) is 6.07 Å². The molecule has 4 nitrogen and oxygen atoms in total. The number of nitrogens with one attached hydrogen (secondary N) is 1. The molecule has 1 aromatic rings. The number of halogens is 3. The molecule has 0 saturated heterocycles. The van der Waals surface area contributed by atoms with Gasteiger partial charge in [0.15, 0.2) is 0 Å². The predicted molar refractivity (Wildman–Crippen MR) is 81.4 cm³/mol. The molecule has 1 aliphatic carbocycles. The summed E-state index contributed by atoms with van der Waals surface area (Å²) < 4.78 is 38.1. The Labute approximate surface area is 138 Å². The highest BCUT2D eigenvalue weighted by molar-refractivity contribution is 5.82. The standard InChI is InChI=1S/C17H20F3NO3/c18-17(19,20)12-6-4-5-11(9-12)13-10-14(13)16(24)21-8-3-1-2-7-15(22)23/h4-6,9,13-14H,1-3,7-8,10H2,(H,21,24)(H,22,23). The minimum atomic E-state index is -4.38. The number of hydrogen-bond acceptors (Lipinski definition) is 2. The van der Waals surface area contributed by atoms with Crippen LogP contribution in [0.1, 0.15) is 49.1 Å². The van der Waals surface area contributed by atoms with Crippen molar-refractivity contribution in [2.45, 2.75) is 44.2 Å². The van der Waals surface area contributed by atoms with Crippen LogP contribution in [0.15, 0.2) is 24.3 Å². The van der Waals surface area contributed by atoms with Gasteiger partial charge < -0.3 is 10.4 Å². The van der Waals surface area contributed by atoms with Crippen molar-refractivity contribution in [1.82, 2.24) is 5.32 Å². The fourth-order valence-corrected chi connectivity index (χ4v) is 2.72. The van der Waals surface area contributed by atoms with Crippen molar-refractivity contribution in [1.29, 1.82) is 0 Å². The molecule has 1 saturated carbocycles. The number of rotatable bonds is 8. The van der Waals surface area contributed by atoms with E-state index in [0.29, 0.717) is 37.8 Å². The van der Waals surface area contributed by atoms with Gasteiger partial charge in [-0.05, 0) is 36.8 Å².